The number of amides is 1. The van der Waals surface area contributed by atoms with Crippen molar-refractivity contribution in [2.75, 3.05) is 12.8 Å². The summed E-state index contributed by atoms with van der Waals surface area (Å²) in [7, 11) is 1.73. The van der Waals surface area contributed by atoms with Gasteiger partial charge in [-0.3, -0.25) is 4.79 Å². The average Bonchev–Trinajstić information content (AvgIpc) is 2.43. The minimum absolute atomic E-state index is 0.123. The van der Waals surface area contributed by atoms with Crippen LogP contribution in [0.3, 0.4) is 0 Å². The third-order valence-corrected chi connectivity index (χ3v) is 3.85. The summed E-state index contributed by atoms with van der Waals surface area (Å²) in [6.07, 6.45) is 0. The van der Waals surface area contributed by atoms with Crippen LogP contribution < -0.4 is 5.73 Å². The Kier molecular flexibility index (Phi) is 4.49. The van der Waals surface area contributed by atoms with Gasteiger partial charge in [0.05, 0.1) is 3.57 Å². The summed E-state index contributed by atoms with van der Waals surface area (Å²) in [6.45, 7) is 0.492. The fourth-order valence-electron chi connectivity index (χ4n) is 1.83. The van der Waals surface area contributed by atoms with Gasteiger partial charge in [0.25, 0.3) is 5.91 Å². The largest absolute Gasteiger partial charge is 0.507 e. The number of carbonyl (C=O) groups excluding carboxylic acids is 1. The number of nitrogen functional groups attached to an aromatic ring is 1. The predicted molar refractivity (Wildman–Crippen MR) is 87.5 cm³/mol. The van der Waals surface area contributed by atoms with Crippen molar-refractivity contribution < 1.29 is 9.90 Å². The minimum atomic E-state index is -0.131. The Balaban J connectivity index is 2.11. The summed E-state index contributed by atoms with van der Waals surface area (Å²) in [5, 5.41) is 9.66. The fraction of sp³-hybridized carbons (Fsp3) is 0.133. The van der Waals surface area contributed by atoms with Gasteiger partial charge in [0.2, 0.25) is 0 Å². The normalized spacial score (nSPS) is 10.3. The average molecular weight is 382 g/mol. The van der Waals surface area contributed by atoms with E-state index in [-0.39, 0.29) is 11.7 Å². The number of anilines is 1. The van der Waals surface area contributed by atoms with E-state index < -0.39 is 0 Å². The molecule has 104 valence electrons. The molecule has 0 saturated carbocycles. The molecule has 0 bridgehead atoms. The molecule has 0 aromatic heterocycles. The van der Waals surface area contributed by atoms with Crippen molar-refractivity contribution >= 4 is 34.2 Å². The fourth-order valence-corrected chi connectivity index (χ4v) is 2.17. The standard InChI is InChI=1S/C15H15IN2O2/c1-18(9-10-2-5-12(17)6-3-10)15(20)11-4-7-13(16)14(19)8-11/h2-8,19H,9,17H2,1H3. The van der Waals surface area contributed by atoms with Crippen LogP contribution in [0.25, 0.3) is 0 Å². The highest BCUT2D eigenvalue weighted by Gasteiger charge is 2.13. The van der Waals surface area contributed by atoms with E-state index in [9.17, 15) is 9.90 Å². The van der Waals surface area contributed by atoms with E-state index >= 15 is 0 Å². The van der Waals surface area contributed by atoms with Gasteiger partial charge >= 0.3 is 0 Å². The van der Waals surface area contributed by atoms with Crippen LogP contribution >= 0.6 is 22.6 Å². The molecule has 0 unspecified atom stereocenters. The lowest BCUT2D eigenvalue weighted by molar-refractivity contribution is 0.0784. The third kappa shape index (κ3) is 3.41. The molecule has 0 aliphatic rings. The Hall–Kier alpha value is -1.76. The monoisotopic (exact) mass is 382 g/mol. The second-order valence-corrected chi connectivity index (χ2v) is 5.73. The molecule has 4 nitrogen and oxygen atoms in total. The number of hydrogen-bond acceptors (Lipinski definition) is 3. The molecule has 2 aromatic rings. The second-order valence-electron chi connectivity index (χ2n) is 4.57. The summed E-state index contributed by atoms with van der Waals surface area (Å²) in [6, 6.07) is 12.3. The lowest BCUT2D eigenvalue weighted by atomic mass is 10.1. The molecule has 0 radical (unpaired) electrons. The Labute approximate surface area is 131 Å². The third-order valence-electron chi connectivity index (χ3n) is 2.94. The molecule has 0 heterocycles. The molecule has 0 aliphatic heterocycles. The Bertz CT molecular complexity index is 626. The first-order valence-electron chi connectivity index (χ1n) is 6.06. The number of nitrogens with zero attached hydrogens (tertiary/aromatic N) is 1. The lowest BCUT2D eigenvalue weighted by Gasteiger charge is -2.17. The maximum atomic E-state index is 12.3. The van der Waals surface area contributed by atoms with Crippen LogP contribution in [0.5, 0.6) is 5.75 Å². The SMILES string of the molecule is CN(Cc1ccc(N)cc1)C(=O)c1ccc(I)c(O)c1. The maximum absolute atomic E-state index is 12.3. The summed E-state index contributed by atoms with van der Waals surface area (Å²) in [5.41, 5.74) is 7.81. The molecule has 0 spiro atoms. The van der Waals surface area contributed by atoms with E-state index in [1.54, 1.807) is 24.1 Å². The number of halogens is 1. The van der Waals surface area contributed by atoms with Crippen molar-refractivity contribution in [2.45, 2.75) is 6.54 Å². The van der Waals surface area contributed by atoms with E-state index in [0.717, 1.165) is 9.13 Å². The summed E-state index contributed by atoms with van der Waals surface area (Å²) in [4.78, 5) is 13.9. The van der Waals surface area contributed by atoms with E-state index in [4.69, 9.17) is 5.73 Å². The van der Waals surface area contributed by atoms with Gasteiger partial charge in [-0.05, 0) is 58.5 Å². The lowest BCUT2D eigenvalue weighted by Crippen LogP contribution is -2.26. The number of aromatic hydroxyl groups is 1. The number of benzene rings is 2. The van der Waals surface area contributed by atoms with Gasteiger partial charge < -0.3 is 15.7 Å². The van der Waals surface area contributed by atoms with E-state index in [1.165, 1.54) is 6.07 Å². The van der Waals surface area contributed by atoms with Gasteiger partial charge in [0.15, 0.2) is 0 Å². The van der Waals surface area contributed by atoms with Crippen molar-refractivity contribution in [3.8, 4) is 5.75 Å². The Morgan fingerprint density at radius 3 is 2.50 bits per heavy atom. The number of hydrogen-bond donors (Lipinski definition) is 2. The van der Waals surface area contributed by atoms with Gasteiger partial charge in [-0.15, -0.1) is 0 Å². The van der Waals surface area contributed by atoms with Gasteiger partial charge in [-0.25, -0.2) is 0 Å². The van der Waals surface area contributed by atoms with Crippen LogP contribution in [0.4, 0.5) is 5.69 Å². The molecular weight excluding hydrogens is 367 g/mol. The van der Waals surface area contributed by atoms with Crippen molar-refractivity contribution in [2.24, 2.45) is 0 Å². The summed E-state index contributed by atoms with van der Waals surface area (Å²) in [5.74, 6) is -0.00846. The molecule has 0 saturated heterocycles. The Morgan fingerprint density at radius 1 is 1.25 bits per heavy atom. The first-order valence-corrected chi connectivity index (χ1v) is 7.13. The molecule has 5 heteroatoms. The molecule has 2 aromatic carbocycles. The molecule has 0 fully saturated rings. The number of phenols is 1. The molecule has 20 heavy (non-hydrogen) atoms. The molecule has 1 amide bonds. The van der Waals surface area contributed by atoms with Crippen LogP contribution in [0.1, 0.15) is 15.9 Å². The Morgan fingerprint density at radius 2 is 1.90 bits per heavy atom. The zero-order valence-electron chi connectivity index (χ0n) is 11.0. The van der Waals surface area contributed by atoms with Crippen LogP contribution in [0, 0.1) is 3.57 Å². The molecule has 2 rings (SSSR count). The number of carbonyl (C=O) groups is 1. The first-order chi connectivity index (χ1) is 9.47. The van der Waals surface area contributed by atoms with Gasteiger partial charge in [0, 0.05) is 24.8 Å². The number of rotatable bonds is 3. The minimum Gasteiger partial charge on any atom is -0.507 e. The molecular formula is C15H15IN2O2. The van der Waals surface area contributed by atoms with Crippen LogP contribution in [-0.4, -0.2) is 23.0 Å². The summed E-state index contributed by atoms with van der Waals surface area (Å²) < 4.78 is 0.723. The zero-order chi connectivity index (χ0) is 14.7. The highest BCUT2D eigenvalue weighted by atomic mass is 127. The number of nitrogens with two attached hydrogens (primary N) is 1. The van der Waals surface area contributed by atoms with Crippen molar-refractivity contribution in [1.29, 1.82) is 0 Å². The van der Waals surface area contributed by atoms with Crippen LogP contribution in [-0.2, 0) is 6.54 Å². The second kappa shape index (κ2) is 6.13. The van der Waals surface area contributed by atoms with Crippen molar-refractivity contribution in [1.82, 2.24) is 4.90 Å². The van der Waals surface area contributed by atoms with Gasteiger partial charge in [-0.1, -0.05) is 12.1 Å². The topological polar surface area (TPSA) is 66.6 Å². The van der Waals surface area contributed by atoms with Crippen molar-refractivity contribution in [3.63, 3.8) is 0 Å². The first kappa shape index (κ1) is 14.6. The molecule has 3 N–H and O–H groups in total. The van der Waals surface area contributed by atoms with E-state index in [1.807, 2.05) is 46.9 Å². The van der Waals surface area contributed by atoms with E-state index in [2.05, 4.69) is 0 Å². The van der Waals surface area contributed by atoms with Crippen molar-refractivity contribution in [3.05, 3.63) is 57.2 Å². The maximum Gasteiger partial charge on any atom is 0.254 e. The zero-order valence-corrected chi connectivity index (χ0v) is 13.2. The van der Waals surface area contributed by atoms with Gasteiger partial charge in [-0.2, -0.15) is 0 Å². The highest BCUT2D eigenvalue weighted by Crippen LogP contribution is 2.21. The van der Waals surface area contributed by atoms with Gasteiger partial charge in [0.1, 0.15) is 5.75 Å². The smallest absolute Gasteiger partial charge is 0.254 e. The number of phenolic OH excluding ortho intramolecular Hbond substituents is 1. The quantitative estimate of drug-likeness (QED) is 0.634. The van der Waals surface area contributed by atoms with E-state index in [0.29, 0.717) is 17.8 Å². The molecule has 0 aliphatic carbocycles. The highest BCUT2D eigenvalue weighted by molar-refractivity contribution is 14.1. The molecule has 0 atom stereocenters. The van der Waals surface area contributed by atoms with Crippen LogP contribution in [0.15, 0.2) is 42.5 Å². The predicted octanol–water partition coefficient (Wildman–Crippen LogP) is 2.85. The summed E-state index contributed by atoms with van der Waals surface area (Å²) >= 11 is 2.02. The van der Waals surface area contributed by atoms with Crippen LogP contribution in [0.2, 0.25) is 0 Å².